The lowest BCUT2D eigenvalue weighted by Crippen LogP contribution is -2.14. The predicted molar refractivity (Wildman–Crippen MR) is 96.1 cm³/mol. The number of fused-ring (bicyclic) bond motifs is 1. The number of para-hydroxylation sites is 1. The lowest BCUT2D eigenvalue weighted by Gasteiger charge is -2.05. The van der Waals surface area contributed by atoms with E-state index in [4.69, 9.17) is 4.74 Å². The quantitative estimate of drug-likeness (QED) is 0.508. The summed E-state index contributed by atoms with van der Waals surface area (Å²) in [5.41, 5.74) is 2.64. The summed E-state index contributed by atoms with van der Waals surface area (Å²) in [6, 6.07) is 15.0. The fraction of sp³-hybridized carbons (Fsp3) is 0.158. The van der Waals surface area contributed by atoms with Gasteiger partial charge in [0.15, 0.2) is 12.4 Å². The van der Waals surface area contributed by atoms with Crippen molar-refractivity contribution < 1.29 is 14.3 Å². The second-order valence-corrected chi connectivity index (χ2v) is 6.37. The summed E-state index contributed by atoms with van der Waals surface area (Å²) < 4.78 is 5.91. The third kappa shape index (κ3) is 3.92. The first kappa shape index (κ1) is 16.5. The van der Waals surface area contributed by atoms with Crippen LogP contribution in [0.2, 0.25) is 0 Å². The van der Waals surface area contributed by atoms with Crippen LogP contribution in [0, 0.1) is 0 Å². The Labute approximate surface area is 148 Å². The molecule has 4 nitrogen and oxygen atoms in total. The Hall–Kier alpha value is -2.40. The number of benzene rings is 2. The van der Waals surface area contributed by atoms with Crippen molar-refractivity contribution in [3.63, 3.8) is 0 Å². The zero-order chi connectivity index (χ0) is 16.9. The van der Waals surface area contributed by atoms with Gasteiger partial charge in [0, 0.05) is 33.6 Å². The molecule has 1 heterocycles. The van der Waals surface area contributed by atoms with Crippen LogP contribution in [0.15, 0.2) is 59.2 Å². The van der Waals surface area contributed by atoms with Crippen LogP contribution < -0.4 is 0 Å². The highest BCUT2D eigenvalue weighted by Gasteiger charge is 2.11. The molecular formula is C19H16BrNO3. The highest BCUT2D eigenvalue weighted by atomic mass is 79.9. The van der Waals surface area contributed by atoms with E-state index in [1.165, 1.54) is 0 Å². The third-order valence-corrected chi connectivity index (χ3v) is 4.28. The summed E-state index contributed by atoms with van der Waals surface area (Å²) in [5.74, 6) is -0.583. The van der Waals surface area contributed by atoms with Gasteiger partial charge in [0.05, 0.1) is 0 Å². The van der Waals surface area contributed by atoms with Crippen LogP contribution in [0.3, 0.4) is 0 Å². The van der Waals surface area contributed by atoms with Crippen molar-refractivity contribution in [3.8, 4) is 0 Å². The Morgan fingerprint density at radius 1 is 1.08 bits per heavy atom. The Bertz CT molecular complexity index is 885. The molecule has 0 fully saturated rings. The molecule has 0 bridgehead atoms. The topological polar surface area (TPSA) is 59.2 Å². The zero-order valence-electron chi connectivity index (χ0n) is 12.9. The number of nitrogens with one attached hydrogen (secondary N) is 1. The van der Waals surface area contributed by atoms with Gasteiger partial charge in [-0.1, -0.05) is 46.3 Å². The number of ketones is 1. The minimum atomic E-state index is -0.372. The van der Waals surface area contributed by atoms with Crippen molar-refractivity contribution in [1.29, 1.82) is 0 Å². The molecule has 0 unspecified atom stereocenters. The number of rotatable bonds is 6. The number of Topliss-reactive ketones (excluding diaryl/α,β-unsaturated/α-hetero) is 1. The van der Waals surface area contributed by atoms with E-state index in [0.717, 1.165) is 20.9 Å². The van der Waals surface area contributed by atoms with Gasteiger partial charge in [0.2, 0.25) is 0 Å². The number of carbonyl (C=O) groups is 2. The van der Waals surface area contributed by atoms with Crippen LogP contribution >= 0.6 is 15.9 Å². The van der Waals surface area contributed by atoms with Gasteiger partial charge in [-0.25, -0.2) is 0 Å². The molecule has 122 valence electrons. The van der Waals surface area contributed by atoms with Gasteiger partial charge < -0.3 is 9.72 Å². The van der Waals surface area contributed by atoms with Crippen LogP contribution in [-0.4, -0.2) is 23.3 Å². The van der Waals surface area contributed by atoms with Crippen molar-refractivity contribution in [1.82, 2.24) is 4.98 Å². The van der Waals surface area contributed by atoms with E-state index in [2.05, 4.69) is 20.9 Å². The molecule has 3 aromatic rings. The molecule has 0 radical (unpaired) electrons. The van der Waals surface area contributed by atoms with Gasteiger partial charge in [0.1, 0.15) is 0 Å². The number of H-pyrrole nitrogens is 1. The summed E-state index contributed by atoms with van der Waals surface area (Å²) >= 11 is 3.31. The van der Waals surface area contributed by atoms with Crippen molar-refractivity contribution in [3.05, 3.63) is 70.3 Å². The van der Waals surface area contributed by atoms with Crippen molar-refractivity contribution >= 4 is 38.6 Å². The average molecular weight is 386 g/mol. The van der Waals surface area contributed by atoms with Crippen LogP contribution in [-0.2, 0) is 16.0 Å². The number of aryl methyl sites for hydroxylation is 1. The van der Waals surface area contributed by atoms with Crippen molar-refractivity contribution in [2.24, 2.45) is 0 Å². The molecular weight excluding hydrogens is 370 g/mol. The molecule has 0 aliphatic rings. The van der Waals surface area contributed by atoms with E-state index in [1.54, 1.807) is 18.2 Å². The standard InChI is InChI=1S/C19H16BrNO3/c20-15-5-3-4-13(10-15)18(22)12-24-19(23)9-8-14-11-21-17-7-2-1-6-16(14)17/h1-7,10-11,21H,8-9,12H2. The van der Waals surface area contributed by atoms with E-state index in [9.17, 15) is 9.59 Å². The molecule has 0 spiro atoms. The predicted octanol–water partition coefficient (Wildman–Crippen LogP) is 4.29. The zero-order valence-corrected chi connectivity index (χ0v) is 14.5. The maximum Gasteiger partial charge on any atom is 0.306 e. The molecule has 1 N–H and O–H groups in total. The summed E-state index contributed by atoms with van der Waals surface area (Å²) in [4.78, 5) is 27.1. The van der Waals surface area contributed by atoms with Crippen LogP contribution in [0.4, 0.5) is 0 Å². The summed E-state index contributed by atoms with van der Waals surface area (Å²) in [6.07, 6.45) is 2.73. The second-order valence-electron chi connectivity index (χ2n) is 5.45. The monoisotopic (exact) mass is 385 g/mol. The Morgan fingerprint density at radius 2 is 1.92 bits per heavy atom. The number of hydrogen-bond donors (Lipinski definition) is 1. The van der Waals surface area contributed by atoms with E-state index in [0.29, 0.717) is 12.0 Å². The van der Waals surface area contributed by atoms with E-state index in [1.807, 2.05) is 36.5 Å². The highest BCUT2D eigenvalue weighted by Crippen LogP contribution is 2.19. The molecule has 0 amide bonds. The smallest absolute Gasteiger partial charge is 0.306 e. The summed E-state index contributed by atoms with van der Waals surface area (Å²) in [6.45, 7) is -0.233. The maximum atomic E-state index is 12.0. The Kier molecular flexibility index (Phi) is 5.11. The SMILES string of the molecule is O=C(CCc1c[nH]c2ccccc12)OCC(=O)c1cccc(Br)c1. The van der Waals surface area contributed by atoms with Crippen molar-refractivity contribution in [2.75, 3.05) is 6.61 Å². The Morgan fingerprint density at radius 3 is 2.75 bits per heavy atom. The molecule has 0 saturated heterocycles. The largest absolute Gasteiger partial charge is 0.457 e. The van der Waals surface area contributed by atoms with Gasteiger partial charge in [-0.15, -0.1) is 0 Å². The molecule has 1 aromatic heterocycles. The fourth-order valence-corrected chi connectivity index (χ4v) is 2.94. The van der Waals surface area contributed by atoms with Gasteiger partial charge in [-0.2, -0.15) is 0 Å². The summed E-state index contributed by atoms with van der Waals surface area (Å²) in [7, 11) is 0. The lowest BCUT2D eigenvalue weighted by molar-refractivity contribution is -0.142. The molecule has 0 aliphatic carbocycles. The maximum absolute atomic E-state index is 12.0. The second kappa shape index (κ2) is 7.45. The number of halogens is 1. The first-order valence-electron chi connectivity index (χ1n) is 7.63. The van der Waals surface area contributed by atoms with Gasteiger partial charge in [-0.05, 0) is 30.2 Å². The van der Waals surface area contributed by atoms with E-state index in [-0.39, 0.29) is 24.8 Å². The number of carbonyl (C=O) groups excluding carboxylic acids is 2. The average Bonchev–Trinajstić information content (AvgIpc) is 3.01. The lowest BCUT2D eigenvalue weighted by atomic mass is 10.1. The minimum absolute atomic E-state index is 0.211. The fourth-order valence-electron chi connectivity index (χ4n) is 2.54. The van der Waals surface area contributed by atoms with Gasteiger partial charge in [-0.3, -0.25) is 9.59 Å². The van der Waals surface area contributed by atoms with Gasteiger partial charge >= 0.3 is 5.97 Å². The van der Waals surface area contributed by atoms with E-state index >= 15 is 0 Å². The number of aromatic nitrogens is 1. The van der Waals surface area contributed by atoms with Crippen LogP contribution in [0.1, 0.15) is 22.3 Å². The third-order valence-electron chi connectivity index (χ3n) is 3.78. The van der Waals surface area contributed by atoms with Crippen molar-refractivity contribution in [2.45, 2.75) is 12.8 Å². The van der Waals surface area contributed by atoms with Crippen LogP contribution in [0.25, 0.3) is 10.9 Å². The first-order valence-corrected chi connectivity index (χ1v) is 8.42. The molecule has 2 aromatic carbocycles. The molecule has 24 heavy (non-hydrogen) atoms. The number of hydrogen-bond acceptors (Lipinski definition) is 3. The number of aromatic amines is 1. The number of esters is 1. The first-order chi connectivity index (χ1) is 11.6. The molecule has 0 saturated carbocycles. The molecule has 0 atom stereocenters. The summed E-state index contributed by atoms with van der Waals surface area (Å²) in [5, 5.41) is 1.11. The highest BCUT2D eigenvalue weighted by molar-refractivity contribution is 9.10. The normalized spacial score (nSPS) is 10.7. The minimum Gasteiger partial charge on any atom is -0.457 e. The molecule has 3 rings (SSSR count). The van der Waals surface area contributed by atoms with Gasteiger partial charge in [0.25, 0.3) is 0 Å². The molecule has 0 aliphatic heterocycles. The van der Waals surface area contributed by atoms with E-state index < -0.39 is 0 Å². The van der Waals surface area contributed by atoms with Crippen LogP contribution in [0.5, 0.6) is 0 Å². The Balaban J connectivity index is 1.52. The molecule has 5 heteroatoms. The number of ether oxygens (including phenoxy) is 1.